The van der Waals surface area contributed by atoms with Crippen LogP contribution in [0.5, 0.6) is 0 Å². The van der Waals surface area contributed by atoms with E-state index in [0.29, 0.717) is 13.0 Å². The standard InChI is InChI=1S/C24H27N3O2S/c28-23-10-5-13-26(23)14-11-17-16-27(21-8-3-1-6-18(17)21)24(29)25-20-12-15-30-22-9-4-2-7-19(20)22/h1-4,6-9,17,20H,5,10-16H2,(H,25,29). The highest BCUT2D eigenvalue weighted by Crippen LogP contribution is 2.40. The third kappa shape index (κ3) is 3.69. The summed E-state index contributed by atoms with van der Waals surface area (Å²) >= 11 is 1.86. The van der Waals surface area contributed by atoms with E-state index in [1.807, 2.05) is 45.8 Å². The molecule has 0 saturated carbocycles. The number of para-hydroxylation sites is 1. The Hall–Kier alpha value is -2.47. The fourth-order valence-electron chi connectivity index (χ4n) is 4.91. The van der Waals surface area contributed by atoms with Crippen LogP contribution in [0.2, 0.25) is 0 Å². The first-order valence-electron chi connectivity index (χ1n) is 10.9. The first kappa shape index (κ1) is 19.5. The molecule has 0 spiro atoms. The first-order valence-corrected chi connectivity index (χ1v) is 11.9. The predicted octanol–water partition coefficient (Wildman–Crippen LogP) is 4.55. The van der Waals surface area contributed by atoms with E-state index in [-0.39, 0.29) is 23.9 Å². The molecular weight excluding hydrogens is 394 g/mol. The van der Waals surface area contributed by atoms with Crippen LogP contribution in [0.4, 0.5) is 10.5 Å². The van der Waals surface area contributed by atoms with Gasteiger partial charge in [-0.15, -0.1) is 11.8 Å². The van der Waals surface area contributed by atoms with E-state index in [0.717, 1.165) is 43.8 Å². The average molecular weight is 422 g/mol. The van der Waals surface area contributed by atoms with Gasteiger partial charge in [0.1, 0.15) is 0 Å². The summed E-state index contributed by atoms with van der Waals surface area (Å²) in [6.07, 6.45) is 3.49. The molecule has 0 aromatic heterocycles. The normalized spacial score (nSPS) is 22.7. The zero-order valence-corrected chi connectivity index (χ0v) is 17.9. The number of thioether (sulfide) groups is 1. The van der Waals surface area contributed by atoms with Crippen molar-refractivity contribution in [3.63, 3.8) is 0 Å². The van der Waals surface area contributed by atoms with E-state index in [9.17, 15) is 9.59 Å². The zero-order chi connectivity index (χ0) is 20.5. The van der Waals surface area contributed by atoms with E-state index in [1.165, 1.54) is 16.0 Å². The Bertz CT molecular complexity index is 963. The number of amides is 3. The van der Waals surface area contributed by atoms with Gasteiger partial charge in [-0.05, 0) is 42.5 Å². The molecule has 156 valence electrons. The van der Waals surface area contributed by atoms with Gasteiger partial charge in [0.2, 0.25) is 5.91 Å². The summed E-state index contributed by atoms with van der Waals surface area (Å²) < 4.78 is 0. The Labute approximate surface area is 181 Å². The zero-order valence-electron chi connectivity index (χ0n) is 17.0. The van der Waals surface area contributed by atoms with Gasteiger partial charge < -0.3 is 10.2 Å². The number of hydrogen-bond acceptors (Lipinski definition) is 3. The number of rotatable bonds is 4. The molecule has 0 bridgehead atoms. The highest BCUT2D eigenvalue weighted by atomic mass is 32.2. The number of likely N-dealkylation sites (tertiary alicyclic amines) is 1. The molecule has 3 aliphatic rings. The highest BCUT2D eigenvalue weighted by Gasteiger charge is 2.34. The number of nitrogens with zero attached hydrogens (tertiary/aromatic N) is 2. The molecule has 3 aliphatic heterocycles. The van der Waals surface area contributed by atoms with E-state index >= 15 is 0 Å². The fraction of sp³-hybridized carbons (Fsp3) is 0.417. The first-order chi connectivity index (χ1) is 14.7. The monoisotopic (exact) mass is 421 g/mol. The van der Waals surface area contributed by atoms with Gasteiger partial charge in [0.25, 0.3) is 0 Å². The van der Waals surface area contributed by atoms with Crippen LogP contribution in [0.1, 0.15) is 48.8 Å². The van der Waals surface area contributed by atoms with Gasteiger partial charge in [-0.1, -0.05) is 36.4 Å². The van der Waals surface area contributed by atoms with Crippen LogP contribution in [-0.2, 0) is 4.79 Å². The molecular formula is C24H27N3O2S. The largest absolute Gasteiger partial charge is 0.343 e. The fourth-order valence-corrected chi connectivity index (χ4v) is 6.03. The predicted molar refractivity (Wildman–Crippen MR) is 120 cm³/mol. The van der Waals surface area contributed by atoms with Crippen LogP contribution in [-0.4, -0.2) is 42.2 Å². The number of nitrogens with one attached hydrogen (secondary N) is 1. The molecule has 5 nitrogen and oxygen atoms in total. The average Bonchev–Trinajstić information content (AvgIpc) is 3.36. The summed E-state index contributed by atoms with van der Waals surface area (Å²) in [5.41, 5.74) is 3.45. The minimum atomic E-state index is -0.0195. The molecule has 0 radical (unpaired) electrons. The third-order valence-electron chi connectivity index (χ3n) is 6.49. The third-order valence-corrected chi connectivity index (χ3v) is 7.61. The molecule has 2 atom stereocenters. The smallest absolute Gasteiger partial charge is 0.322 e. The van der Waals surface area contributed by atoms with Crippen molar-refractivity contribution in [3.05, 3.63) is 59.7 Å². The molecule has 1 N–H and O–H groups in total. The second-order valence-electron chi connectivity index (χ2n) is 8.32. The molecule has 6 heteroatoms. The summed E-state index contributed by atoms with van der Waals surface area (Å²) in [5, 5.41) is 3.29. The van der Waals surface area contributed by atoms with Gasteiger partial charge in [-0.25, -0.2) is 4.79 Å². The number of anilines is 1. The molecule has 0 aliphatic carbocycles. The van der Waals surface area contributed by atoms with Crippen LogP contribution in [0.25, 0.3) is 0 Å². The van der Waals surface area contributed by atoms with Crippen LogP contribution in [0.15, 0.2) is 53.4 Å². The Morgan fingerprint density at radius 1 is 1.10 bits per heavy atom. The van der Waals surface area contributed by atoms with E-state index in [2.05, 4.69) is 29.6 Å². The molecule has 2 unspecified atom stereocenters. The Morgan fingerprint density at radius 3 is 2.73 bits per heavy atom. The van der Waals surface area contributed by atoms with Crippen LogP contribution in [0.3, 0.4) is 0 Å². The van der Waals surface area contributed by atoms with Crippen molar-refractivity contribution in [1.82, 2.24) is 10.2 Å². The van der Waals surface area contributed by atoms with Gasteiger partial charge in [-0.2, -0.15) is 0 Å². The Balaban J connectivity index is 1.30. The molecule has 2 aromatic rings. The van der Waals surface area contributed by atoms with Crippen molar-refractivity contribution in [2.24, 2.45) is 0 Å². The summed E-state index contributed by atoms with van der Waals surface area (Å²) in [5.74, 6) is 1.56. The van der Waals surface area contributed by atoms with Crippen LogP contribution in [0, 0.1) is 0 Å². The quantitative estimate of drug-likeness (QED) is 0.788. The summed E-state index contributed by atoms with van der Waals surface area (Å²) in [6, 6.07) is 16.6. The molecule has 30 heavy (non-hydrogen) atoms. The van der Waals surface area contributed by atoms with Gasteiger partial charge in [0.05, 0.1) is 6.04 Å². The minimum absolute atomic E-state index is 0.0195. The van der Waals surface area contributed by atoms with Crippen molar-refractivity contribution < 1.29 is 9.59 Å². The van der Waals surface area contributed by atoms with E-state index < -0.39 is 0 Å². The Morgan fingerprint density at radius 2 is 1.90 bits per heavy atom. The van der Waals surface area contributed by atoms with Gasteiger partial charge >= 0.3 is 6.03 Å². The lowest BCUT2D eigenvalue weighted by molar-refractivity contribution is -0.127. The van der Waals surface area contributed by atoms with Crippen molar-refractivity contribution in [2.45, 2.75) is 42.5 Å². The van der Waals surface area contributed by atoms with Crippen molar-refractivity contribution in [2.75, 3.05) is 30.3 Å². The van der Waals surface area contributed by atoms with E-state index in [1.54, 1.807) is 0 Å². The van der Waals surface area contributed by atoms with Crippen molar-refractivity contribution in [3.8, 4) is 0 Å². The molecule has 1 saturated heterocycles. The number of fused-ring (bicyclic) bond motifs is 2. The summed E-state index contributed by atoms with van der Waals surface area (Å²) in [4.78, 5) is 30.4. The SMILES string of the molecule is O=C1CCCN1CCC1CN(C(=O)NC2CCSc3ccccc32)c2ccccc21. The molecule has 5 rings (SSSR count). The molecule has 3 amide bonds. The topological polar surface area (TPSA) is 52.7 Å². The molecule has 1 fully saturated rings. The highest BCUT2D eigenvalue weighted by molar-refractivity contribution is 7.99. The lowest BCUT2D eigenvalue weighted by Gasteiger charge is -2.28. The van der Waals surface area contributed by atoms with Crippen molar-refractivity contribution >= 4 is 29.4 Å². The summed E-state index contributed by atoms with van der Waals surface area (Å²) in [7, 11) is 0. The number of carbonyl (C=O) groups excluding carboxylic acids is 2. The van der Waals surface area contributed by atoms with E-state index in [4.69, 9.17) is 0 Å². The van der Waals surface area contributed by atoms with Gasteiger partial charge in [0, 0.05) is 48.3 Å². The van der Waals surface area contributed by atoms with Crippen molar-refractivity contribution in [1.29, 1.82) is 0 Å². The maximum Gasteiger partial charge on any atom is 0.322 e. The number of urea groups is 1. The Kier molecular flexibility index (Phi) is 5.42. The minimum Gasteiger partial charge on any atom is -0.343 e. The van der Waals surface area contributed by atoms with Crippen LogP contribution < -0.4 is 10.2 Å². The van der Waals surface area contributed by atoms with Gasteiger partial charge in [0.15, 0.2) is 0 Å². The van der Waals surface area contributed by atoms with Crippen LogP contribution >= 0.6 is 11.8 Å². The summed E-state index contributed by atoms with van der Waals surface area (Å²) in [6.45, 7) is 2.33. The molecule has 3 heterocycles. The number of hydrogen-bond donors (Lipinski definition) is 1. The molecule has 2 aromatic carbocycles. The lowest BCUT2D eigenvalue weighted by Crippen LogP contribution is -2.42. The lowest BCUT2D eigenvalue weighted by atomic mass is 9.98. The second-order valence-corrected chi connectivity index (χ2v) is 9.45. The maximum absolute atomic E-state index is 13.3. The second kappa shape index (κ2) is 8.34. The number of benzene rings is 2. The van der Waals surface area contributed by atoms with Gasteiger partial charge in [-0.3, -0.25) is 9.69 Å². The number of carbonyl (C=O) groups is 2. The maximum atomic E-state index is 13.3.